The smallest absolute Gasteiger partial charge is 0.141 e. The maximum atomic E-state index is 5.50. The van der Waals surface area contributed by atoms with E-state index in [0.29, 0.717) is 12.6 Å². The van der Waals surface area contributed by atoms with Crippen LogP contribution in [0.1, 0.15) is 12.5 Å². The Morgan fingerprint density at radius 3 is 3.07 bits per heavy atom. The van der Waals surface area contributed by atoms with Crippen LogP contribution in [-0.2, 0) is 6.54 Å². The standard InChI is InChI=1S/C10H17N3O/c1-8(5-11)13-6-9-3-4-12-7-10(9)14-2/h3-4,7-8,13H,5-6,11H2,1-2H3/t8-/m0/s1. The Bertz CT molecular complexity index is 278. The van der Waals surface area contributed by atoms with Gasteiger partial charge in [-0.3, -0.25) is 4.98 Å². The highest BCUT2D eigenvalue weighted by molar-refractivity contribution is 5.29. The van der Waals surface area contributed by atoms with Gasteiger partial charge in [-0.25, -0.2) is 0 Å². The number of methoxy groups -OCH3 is 1. The monoisotopic (exact) mass is 195 g/mol. The second-order valence-electron chi connectivity index (χ2n) is 3.21. The highest BCUT2D eigenvalue weighted by atomic mass is 16.5. The van der Waals surface area contributed by atoms with Crippen molar-refractivity contribution in [2.24, 2.45) is 5.73 Å². The highest BCUT2D eigenvalue weighted by Crippen LogP contribution is 2.14. The van der Waals surface area contributed by atoms with Gasteiger partial charge in [0.1, 0.15) is 5.75 Å². The van der Waals surface area contributed by atoms with Crippen molar-refractivity contribution in [2.45, 2.75) is 19.5 Å². The Labute approximate surface area is 84.5 Å². The predicted octanol–water partition coefficient (Wildman–Crippen LogP) is 0.527. The molecule has 1 heterocycles. The van der Waals surface area contributed by atoms with Gasteiger partial charge < -0.3 is 15.8 Å². The van der Waals surface area contributed by atoms with Crippen molar-refractivity contribution in [1.29, 1.82) is 0 Å². The van der Waals surface area contributed by atoms with Crippen LogP contribution in [0.3, 0.4) is 0 Å². The molecule has 0 aliphatic rings. The number of pyridine rings is 1. The average Bonchev–Trinajstić information content (AvgIpc) is 2.26. The lowest BCUT2D eigenvalue weighted by Gasteiger charge is -2.12. The van der Waals surface area contributed by atoms with Crippen LogP contribution in [0, 0.1) is 0 Å². The third-order valence-electron chi connectivity index (χ3n) is 2.08. The summed E-state index contributed by atoms with van der Waals surface area (Å²) in [6.07, 6.45) is 3.47. The van der Waals surface area contributed by atoms with Crippen LogP contribution < -0.4 is 15.8 Å². The molecule has 4 nitrogen and oxygen atoms in total. The minimum atomic E-state index is 0.313. The molecular formula is C10H17N3O. The van der Waals surface area contributed by atoms with E-state index in [0.717, 1.165) is 17.9 Å². The van der Waals surface area contributed by atoms with E-state index in [-0.39, 0.29) is 0 Å². The zero-order valence-corrected chi connectivity index (χ0v) is 8.66. The number of hydrogen-bond donors (Lipinski definition) is 2. The summed E-state index contributed by atoms with van der Waals surface area (Å²) in [4.78, 5) is 3.99. The second-order valence-corrected chi connectivity index (χ2v) is 3.21. The Hall–Kier alpha value is -1.13. The topological polar surface area (TPSA) is 60.2 Å². The quantitative estimate of drug-likeness (QED) is 0.719. The number of nitrogens with zero attached hydrogens (tertiary/aromatic N) is 1. The van der Waals surface area contributed by atoms with Gasteiger partial charge in [0.25, 0.3) is 0 Å². The van der Waals surface area contributed by atoms with E-state index in [1.807, 2.05) is 13.0 Å². The molecule has 0 aliphatic carbocycles. The average molecular weight is 195 g/mol. The number of aromatic nitrogens is 1. The fraction of sp³-hybridized carbons (Fsp3) is 0.500. The molecule has 0 bridgehead atoms. The molecule has 0 radical (unpaired) electrons. The van der Waals surface area contributed by atoms with Gasteiger partial charge in [-0.15, -0.1) is 0 Å². The van der Waals surface area contributed by atoms with Crippen molar-refractivity contribution in [3.63, 3.8) is 0 Å². The molecule has 3 N–H and O–H groups in total. The first-order chi connectivity index (χ1) is 6.77. The highest BCUT2D eigenvalue weighted by Gasteiger charge is 2.03. The van der Waals surface area contributed by atoms with E-state index in [1.165, 1.54) is 0 Å². The molecule has 1 aromatic heterocycles. The van der Waals surface area contributed by atoms with Crippen molar-refractivity contribution in [1.82, 2.24) is 10.3 Å². The maximum Gasteiger partial charge on any atom is 0.141 e. The molecule has 0 unspecified atom stereocenters. The van der Waals surface area contributed by atoms with Crippen molar-refractivity contribution >= 4 is 0 Å². The third kappa shape index (κ3) is 2.97. The van der Waals surface area contributed by atoms with Gasteiger partial charge in [0.2, 0.25) is 0 Å². The van der Waals surface area contributed by atoms with Gasteiger partial charge in [0, 0.05) is 30.9 Å². The summed E-state index contributed by atoms with van der Waals surface area (Å²) in [6, 6.07) is 2.25. The van der Waals surface area contributed by atoms with Crippen LogP contribution in [0.25, 0.3) is 0 Å². The van der Waals surface area contributed by atoms with Gasteiger partial charge in [-0.1, -0.05) is 0 Å². The molecule has 4 heteroatoms. The summed E-state index contributed by atoms with van der Waals surface area (Å²) < 4.78 is 5.18. The molecule has 0 amide bonds. The first-order valence-corrected chi connectivity index (χ1v) is 4.68. The Kier molecular flexibility index (Phi) is 4.35. The molecule has 0 fully saturated rings. The summed E-state index contributed by atoms with van der Waals surface area (Å²) in [5, 5.41) is 3.29. The van der Waals surface area contributed by atoms with Gasteiger partial charge in [0.05, 0.1) is 13.3 Å². The van der Waals surface area contributed by atoms with Gasteiger partial charge in [-0.05, 0) is 13.0 Å². The first-order valence-electron chi connectivity index (χ1n) is 4.68. The summed E-state index contributed by atoms with van der Waals surface area (Å²) in [7, 11) is 1.65. The van der Waals surface area contributed by atoms with Crippen molar-refractivity contribution in [2.75, 3.05) is 13.7 Å². The molecule has 78 valence electrons. The molecule has 14 heavy (non-hydrogen) atoms. The Morgan fingerprint density at radius 2 is 2.43 bits per heavy atom. The number of hydrogen-bond acceptors (Lipinski definition) is 4. The summed E-state index contributed by atoms with van der Waals surface area (Å²) in [5.74, 6) is 0.809. The first kappa shape index (κ1) is 10.9. The summed E-state index contributed by atoms with van der Waals surface area (Å²) in [6.45, 7) is 3.44. The van der Waals surface area contributed by atoms with Crippen LogP contribution in [0.2, 0.25) is 0 Å². The molecule has 0 saturated carbocycles. The molecular weight excluding hydrogens is 178 g/mol. The number of ether oxygens (including phenoxy) is 1. The van der Waals surface area contributed by atoms with Crippen LogP contribution in [0.5, 0.6) is 5.75 Å². The molecule has 1 rings (SSSR count). The van der Waals surface area contributed by atoms with E-state index in [1.54, 1.807) is 19.5 Å². The van der Waals surface area contributed by atoms with E-state index in [2.05, 4.69) is 10.3 Å². The van der Waals surface area contributed by atoms with Crippen LogP contribution in [-0.4, -0.2) is 24.7 Å². The van der Waals surface area contributed by atoms with E-state index in [9.17, 15) is 0 Å². The molecule has 1 atom stereocenters. The zero-order valence-electron chi connectivity index (χ0n) is 8.66. The van der Waals surface area contributed by atoms with E-state index < -0.39 is 0 Å². The SMILES string of the molecule is COc1cnccc1CN[C@@H](C)CN. The largest absolute Gasteiger partial charge is 0.495 e. The maximum absolute atomic E-state index is 5.50. The number of nitrogens with two attached hydrogens (primary N) is 1. The van der Waals surface area contributed by atoms with Crippen molar-refractivity contribution in [3.8, 4) is 5.75 Å². The molecule has 0 aliphatic heterocycles. The lowest BCUT2D eigenvalue weighted by Crippen LogP contribution is -2.32. The van der Waals surface area contributed by atoms with Crippen molar-refractivity contribution in [3.05, 3.63) is 24.0 Å². The van der Waals surface area contributed by atoms with Crippen LogP contribution in [0.4, 0.5) is 0 Å². The van der Waals surface area contributed by atoms with E-state index in [4.69, 9.17) is 10.5 Å². The third-order valence-corrected chi connectivity index (χ3v) is 2.08. The van der Waals surface area contributed by atoms with Crippen LogP contribution in [0.15, 0.2) is 18.5 Å². The van der Waals surface area contributed by atoms with Gasteiger partial charge >= 0.3 is 0 Å². The summed E-state index contributed by atoms with van der Waals surface area (Å²) >= 11 is 0. The lowest BCUT2D eigenvalue weighted by molar-refractivity contribution is 0.404. The number of rotatable bonds is 5. The van der Waals surface area contributed by atoms with Gasteiger partial charge in [0.15, 0.2) is 0 Å². The summed E-state index contributed by atoms with van der Waals surface area (Å²) in [5.41, 5.74) is 6.60. The molecule has 0 saturated heterocycles. The molecule has 0 aromatic carbocycles. The zero-order chi connectivity index (χ0) is 10.4. The lowest BCUT2D eigenvalue weighted by atomic mass is 10.2. The molecule has 1 aromatic rings. The van der Waals surface area contributed by atoms with E-state index >= 15 is 0 Å². The fourth-order valence-electron chi connectivity index (χ4n) is 1.11. The Balaban J connectivity index is 2.57. The fourth-order valence-corrected chi connectivity index (χ4v) is 1.11. The minimum Gasteiger partial charge on any atom is -0.495 e. The molecule has 0 spiro atoms. The van der Waals surface area contributed by atoms with Crippen LogP contribution >= 0.6 is 0 Å². The van der Waals surface area contributed by atoms with Gasteiger partial charge in [-0.2, -0.15) is 0 Å². The minimum absolute atomic E-state index is 0.313. The predicted molar refractivity (Wildman–Crippen MR) is 56.1 cm³/mol. The Morgan fingerprint density at radius 1 is 1.64 bits per heavy atom. The normalized spacial score (nSPS) is 12.5. The number of nitrogens with one attached hydrogen (secondary N) is 1. The second kappa shape index (κ2) is 5.57. The van der Waals surface area contributed by atoms with Crippen molar-refractivity contribution < 1.29 is 4.74 Å².